The molecule has 2 N–H and O–H groups in total. The van der Waals surface area contributed by atoms with E-state index in [2.05, 4.69) is 4.74 Å². The standard InChI is InChI=1S/C23H26N2O7/c1-30-21(27)18-11-6-10-17(14-18)20(26)25(19(12-7-13-24)22(28)31-2)23(29)32-15-16-8-4-3-5-9-16/h3-6,8-11,14,19H,7,12-13,15,24H2,1-2H3/t19-/m0/s1. The van der Waals surface area contributed by atoms with E-state index in [1.54, 1.807) is 24.3 Å². The van der Waals surface area contributed by atoms with Crippen molar-refractivity contribution < 1.29 is 33.4 Å². The van der Waals surface area contributed by atoms with Gasteiger partial charge in [0.2, 0.25) is 0 Å². The molecule has 32 heavy (non-hydrogen) atoms. The summed E-state index contributed by atoms with van der Waals surface area (Å²) >= 11 is 0. The van der Waals surface area contributed by atoms with Crippen molar-refractivity contribution in [2.45, 2.75) is 25.5 Å². The van der Waals surface area contributed by atoms with E-state index < -0.39 is 30.0 Å². The second-order valence-corrected chi connectivity index (χ2v) is 6.76. The summed E-state index contributed by atoms with van der Waals surface area (Å²) in [6, 6.07) is 13.3. The van der Waals surface area contributed by atoms with Crippen LogP contribution >= 0.6 is 0 Å². The molecular weight excluding hydrogens is 416 g/mol. The van der Waals surface area contributed by atoms with Crippen LogP contribution in [-0.2, 0) is 25.6 Å². The molecule has 0 bridgehead atoms. The van der Waals surface area contributed by atoms with E-state index >= 15 is 0 Å². The van der Waals surface area contributed by atoms with Gasteiger partial charge >= 0.3 is 18.0 Å². The molecule has 2 aromatic carbocycles. The number of benzene rings is 2. The van der Waals surface area contributed by atoms with Gasteiger partial charge in [0, 0.05) is 5.56 Å². The monoisotopic (exact) mass is 442 g/mol. The van der Waals surface area contributed by atoms with E-state index in [1.807, 2.05) is 6.07 Å². The molecule has 9 heteroatoms. The average Bonchev–Trinajstić information content (AvgIpc) is 2.84. The zero-order chi connectivity index (χ0) is 23.5. The van der Waals surface area contributed by atoms with Crippen molar-refractivity contribution in [3.05, 3.63) is 71.3 Å². The van der Waals surface area contributed by atoms with Gasteiger partial charge in [-0.2, -0.15) is 0 Å². The molecule has 0 heterocycles. The third kappa shape index (κ3) is 6.39. The molecule has 170 valence electrons. The quantitative estimate of drug-likeness (QED) is 0.464. The zero-order valence-electron chi connectivity index (χ0n) is 18.0. The van der Waals surface area contributed by atoms with Crippen LogP contribution in [0.5, 0.6) is 0 Å². The molecule has 0 saturated heterocycles. The second kappa shape index (κ2) is 12.2. The van der Waals surface area contributed by atoms with Gasteiger partial charge in [0.25, 0.3) is 5.91 Å². The lowest BCUT2D eigenvalue weighted by Gasteiger charge is -2.27. The van der Waals surface area contributed by atoms with Crippen LogP contribution in [0.1, 0.15) is 39.1 Å². The van der Waals surface area contributed by atoms with Gasteiger partial charge in [-0.25, -0.2) is 19.3 Å². The Balaban J connectivity index is 2.39. The number of amides is 2. The first-order valence-corrected chi connectivity index (χ1v) is 9.93. The Morgan fingerprint density at radius 1 is 0.938 bits per heavy atom. The molecule has 0 fully saturated rings. The molecule has 0 aliphatic heterocycles. The van der Waals surface area contributed by atoms with Crippen molar-refractivity contribution in [1.82, 2.24) is 4.90 Å². The van der Waals surface area contributed by atoms with Gasteiger partial charge in [-0.1, -0.05) is 36.4 Å². The van der Waals surface area contributed by atoms with Crippen LogP contribution in [0.25, 0.3) is 0 Å². The van der Waals surface area contributed by atoms with Crippen LogP contribution in [0.3, 0.4) is 0 Å². The molecule has 0 aromatic heterocycles. The molecule has 0 saturated carbocycles. The molecular formula is C23H26N2O7. The smallest absolute Gasteiger partial charge is 0.417 e. The van der Waals surface area contributed by atoms with Gasteiger partial charge in [-0.15, -0.1) is 0 Å². The van der Waals surface area contributed by atoms with Crippen molar-refractivity contribution in [3.8, 4) is 0 Å². The number of carbonyl (C=O) groups is 4. The molecule has 2 amide bonds. The van der Waals surface area contributed by atoms with Crippen LogP contribution in [-0.4, -0.2) is 55.6 Å². The van der Waals surface area contributed by atoms with Gasteiger partial charge < -0.3 is 19.9 Å². The lowest BCUT2D eigenvalue weighted by Crippen LogP contribution is -2.49. The highest BCUT2D eigenvalue weighted by molar-refractivity contribution is 6.06. The van der Waals surface area contributed by atoms with Crippen molar-refractivity contribution in [2.24, 2.45) is 5.73 Å². The van der Waals surface area contributed by atoms with E-state index in [-0.39, 0.29) is 30.7 Å². The van der Waals surface area contributed by atoms with Crippen molar-refractivity contribution >= 4 is 23.9 Å². The van der Waals surface area contributed by atoms with Gasteiger partial charge in [0.1, 0.15) is 12.6 Å². The number of carbonyl (C=O) groups excluding carboxylic acids is 4. The number of nitrogens with two attached hydrogens (primary N) is 1. The first-order chi connectivity index (χ1) is 15.4. The fraction of sp³-hybridized carbons (Fsp3) is 0.304. The molecule has 2 rings (SSSR count). The summed E-state index contributed by atoms with van der Waals surface area (Å²) in [5.74, 6) is -2.25. The largest absolute Gasteiger partial charge is 0.467 e. The van der Waals surface area contributed by atoms with Crippen molar-refractivity contribution in [1.29, 1.82) is 0 Å². The highest BCUT2D eigenvalue weighted by Crippen LogP contribution is 2.18. The molecule has 0 spiro atoms. The van der Waals surface area contributed by atoms with Crippen LogP contribution in [0.2, 0.25) is 0 Å². The maximum Gasteiger partial charge on any atom is 0.417 e. The molecule has 0 radical (unpaired) electrons. The average molecular weight is 442 g/mol. The maximum absolute atomic E-state index is 13.3. The summed E-state index contributed by atoms with van der Waals surface area (Å²) in [7, 11) is 2.37. The summed E-state index contributed by atoms with van der Waals surface area (Å²) in [4.78, 5) is 51.3. The summed E-state index contributed by atoms with van der Waals surface area (Å²) in [5, 5.41) is 0. The number of esters is 2. The van der Waals surface area contributed by atoms with Gasteiger partial charge in [0.15, 0.2) is 0 Å². The van der Waals surface area contributed by atoms with E-state index in [4.69, 9.17) is 15.2 Å². The van der Waals surface area contributed by atoms with Crippen LogP contribution < -0.4 is 5.73 Å². The summed E-state index contributed by atoms with van der Waals surface area (Å²) < 4.78 is 14.8. The topological polar surface area (TPSA) is 125 Å². The summed E-state index contributed by atoms with van der Waals surface area (Å²) in [6.07, 6.45) is -0.571. The Labute approximate surface area is 186 Å². The lowest BCUT2D eigenvalue weighted by atomic mass is 10.1. The minimum Gasteiger partial charge on any atom is -0.467 e. The number of hydrogen-bond donors (Lipinski definition) is 1. The fourth-order valence-electron chi connectivity index (χ4n) is 2.98. The first-order valence-electron chi connectivity index (χ1n) is 9.93. The number of methoxy groups -OCH3 is 2. The number of hydrogen-bond acceptors (Lipinski definition) is 8. The summed E-state index contributed by atoms with van der Waals surface area (Å²) in [5.41, 5.74) is 6.39. The molecule has 2 aromatic rings. The predicted octanol–water partition coefficient (Wildman–Crippen LogP) is 2.53. The maximum atomic E-state index is 13.3. The third-order valence-corrected chi connectivity index (χ3v) is 4.62. The minimum atomic E-state index is -1.25. The van der Waals surface area contributed by atoms with Crippen LogP contribution in [0.15, 0.2) is 54.6 Å². The Kier molecular flexibility index (Phi) is 9.37. The number of ether oxygens (including phenoxy) is 3. The molecule has 9 nitrogen and oxygen atoms in total. The number of imide groups is 1. The lowest BCUT2D eigenvalue weighted by molar-refractivity contribution is -0.145. The Bertz CT molecular complexity index is 946. The van der Waals surface area contributed by atoms with Crippen molar-refractivity contribution in [2.75, 3.05) is 20.8 Å². The van der Waals surface area contributed by atoms with Gasteiger partial charge in [-0.05, 0) is 43.1 Å². The zero-order valence-corrected chi connectivity index (χ0v) is 18.0. The predicted molar refractivity (Wildman–Crippen MR) is 115 cm³/mol. The molecule has 0 aliphatic carbocycles. The SMILES string of the molecule is COC(=O)c1cccc(C(=O)N(C(=O)OCc2ccccc2)[C@@H](CCCN)C(=O)OC)c1. The minimum absolute atomic E-state index is 0.00575. The Morgan fingerprint density at radius 3 is 2.25 bits per heavy atom. The first kappa shape index (κ1) is 24.5. The molecule has 0 unspecified atom stereocenters. The normalized spacial score (nSPS) is 11.2. The summed E-state index contributed by atoms with van der Waals surface area (Å²) in [6.45, 7) is 0.142. The molecule has 0 aliphatic rings. The highest BCUT2D eigenvalue weighted by atomic mass is 16.6. The van der Waals surface area contributed by atoms with E-state index in [1.165, 1.54) is 31.4 Å². The van der Waals surface area contributed by atoms with E-state index in [0.717, 1.165) is 7.11 Å². The van der Waals surface area contributed by atoms with E-state index in [0.29, 0.717) is 16.9 Å². The Morgan fingerprint density at radius 2 is 1.62 bits per heavy atom. The van der Waals surface area contributed by atoms with Gasteiger partial charge in [0.05, 0.1) is 19.8 Å². The van der Waals surface area contributed by atoms with Crippen LogP contribution in [0, 0.1) is 0 Å². The van der Waals surface area contributed by atoms with Gasteiger partial charge in [-0.3, -0.25) is 4.79 Å². The Hall–Kier alpha value is -3.72. The van der Waals surface area contributed by atoms with Crippen molar-refractivity contribution in [3.63, 3.8) is 0 Å². The number of rotatable bonds is 9. The highest BCUT2D eigenvalue weighted by Gasteiger charge is 2.37. The van der Waals surface area contributed by atoms with Crippen LogP contribution in [0.4, 0.5) is 4.79 Å². The number of nitrogens with zero attached hydrogens (tertiary/aromatic N) is 1. The second-order valence-electron chi connectivity index (χ2n) is 6.76. The third-order valence-electron chi connectivity index (χ3n) is 4.62. The van der Waals surface area contributed by atoms with E-state index in [9.17, 15) is 19.2 Å². The fourth-order valence-corrected chi connectivity index (χ4v) is 2.98. The molecule has 1 atom stereocenters.